The summed E-state index contributed by atoms with van der Waals surface area (Å²) in [5, 5.41) is 5.03. The highest BCUT2D eigenvalue weighted by Gasteiger charge is 2.22. The average Bonchev–Trinajstić information content (AvgIpc) is 3.73. The minimum atomic E-state index is 1.10. The molecule has 11 rings (SSSR count). The Labute approximate surface area is 354 Å². The smallest absolute Gasteiger partial charge is 0.0555 e. The van der Waals surface area contributed by atoms with Gasteiger partial charge in [-0.25, -0.2) is 0 Å². The molecule has 0 aliphatic heterocycles. The Morgan fingerprint density at radius 3 is 1.43 bits per heavy atom. The Kier molecular flexibility index (Phi) is 9.11. The molecule has 0 radical (unpaired) electrons. The third-order valence-electron chi connectivity index (χ3n) is 11.7. The van der Waals surface area contributed by atoms with Gasteiger partial charge in [-0.1, -0.05) is 194 Å². The average molecular weight is 782 g/mol. The predicted octanol–water partition coefficient (Wildman–Crippen LogP) is 17.0. The van der Waals surface area contributed by atoms with Gasteiger partial charge in [0.25, 0.3) is 0 Å². The topological polar surface area (TPSA) is 3.24 Å². The molecule has 1 nitrogen and oxygen atoms in total. The molecule has 0 saturated heterocycles. The molecule has 0 spiro atoms. The molecule has 11 aromatic rings. The van der Waals surface area contributed by atoms with Crippen LogP contribution < -0.4 is 4.90 Å². The third kappa shape index (κ3) is 6.44. The zero-order valence-electron chi connectivity index (χ0n) is 32.9. The molecular formula is C58H39NS. The van der Waals surface area contributed by atoms with E-state index < -0.39 is 0 Å². The van der Waals surface area contributed by atoms with E-state index in [9.17, 15) is 0 Å². The van der Waals surface area contributed by atoms with Crippen LogP contribution in [0, 0.1) is 0 Å². The number of fused-ring (bicyclic) bond motifs is 4. The second-order valence-electron chi connectivity index (χ2n) is 15.2. The molecule has 1 aromatic heterocycles. The molecule has 0 N–H and O–H groups in total. The molecule has 0 fully saturated rings. The van der Waals surface area contributed by atoms with E-state index in [2.05, 4.69) is 241 Å². The Morgan fingerprint density at radius 2 is 0.783 bits per heavy atom. The summed E-state index contributed by atoms with van der Waals surface area (Å²) in [5.41, 5.74) is 15.5. The largest absolute Gasteiger partial charge is 0.310 e. The van der Waals surface area contributed by atoms with Crippen LogP contribution in [0.15, 0.2) is 237 Å². The maximum absolute atomic E-state index is 2.45. The summed E-state index contributed by atoms with van der Waals surface area (Å²) in [6.45, 7) is 0. The molecule has 2 heteroatoms. The molecular weight excluding hydrogens is 743 g/mol. The van der Waals surface area contributed by atoms with E-state index in [1.807, 2.05) is 11.3 Å². The van der Waals surface area contributed by atoms with Crippen LogP contribution in [0.3, 0.4) is 0 Å². The lowest BCUT2D eigenvalue weighted by molar-refractivity contribution is 1.30. The first-order chi connectivity index (χ1) is 29.8. The van der Waals surface area contributed by atoms with Crippen molar-refractivity contribution in [3.05, 3.63) is 237 Å². The van der Waals surface area contributed by atoms with Crippen LogP contribution in [0.25, 0.3) is 86.6 Å². The Morgan fingerprint density at radius 1 is 0.300 bits per heavy atom. The van der Waals surface area contributed by atoms with E-state index in [0.29, 0.717) is 0 Å². The van der Waals surface area contributed by atoms with E-state index in [4.69, 9.17) is 0 Å². The summed E-state index contributed by atoms with van der Waals surface area (Å²) in [4.78, 5) is 2.45. The molecule has 1 heterocycles. The number of thiophene rings is 1. The van der Waals surface area contributed by atoms with Crippen molar-refractivity contribution in [2.24, 2.45) is 0 Å². The maximum atomic E-state index is 2.45. The van der Waals surface area contributed by atoms with Gasteiger partial charge in [-0.2, -0.15) is 0 Å². The van der Waals surface area contributed by atoms with Gasteiger partial charge in [-0.3, -0.25) is 0 Å². The molecule has 282 valence electrons. The number of anilines is 3. The van der Waals surface area contributed by atoms with Crippen molar-refractivity contribution in [2.75, 3.05) is 4.90 Å². The second-order valence-corrected chi connectivity index (χ2v) is 16.3. The molecule has 0 aliphatic carbocycles. The van der Waals surface area contributed by atoms with Crippen LogP contribution in [0.5, 0.6) is 0 Å². The van der Waals surface area contributed by atoms with Crippen LogP contribution in [-0.4, -0.2) is 0 Å². The highest BCUT2D eigenvalue weighted by Crippen LogP contribution is 2.49. The van der Waals surface area contributed by atoms with Gasteiger partial charge in [-0.05, 0) is 109 Å². The number of rotatable bonds is 8. The minimum absolute atomic E-state index is 1.10. The zero-order valence-corrected chi connectivity index (χ0v) is 33.7. The Balaban J connectivity index is 1.07. The summed E-state index contributed by atoms with van der Waals surface area (Å²) < 4.78 is 2.58. The van der Waals surface area contributed by atoms with Crippen molar-refractivity contribution >= 4 is 59.3 Å². The van der Waals surface area contributed by atoms with Crippen LogP contribution in [0.4, 0.5) is 17.1 Å². The third-order valence-corrected chi connectivity index (χ3v) is 12.9. The fourth-order valence-corrected chi connectivity index (χ4v) is 10.0. The Hall–Kier alpha value is -7.52. The lowest BCUT2D eigenvalue weighted by Gasteiger charge is -2.27. The predicted molar refractivity (Wildman–Crippen MR) is 259 cm³/mol. The second kappa shape index (κ2) is 15.3. The lowest BCUT2D eigenvalue weighted by atomic mass is 9.89. The van der Waals surface area contributed by atoms with E-state index >= 15 is 0 Å². The van der Waals surface area contributed by atoms with Crippen molar-refractivity contribution in [2.45, 2.75) is 0 Å². The first kappa shape index (κ1) is 35.6. The molecule has 0 aliphatic rings. The summed E-state index contributed by atoms with van der Waals surface area (Å²) in [6, 6.07) is 86.1. The van der Waals surface area contributed by atoms with Gasteiger partial charge in [0.1, 0.15) is 0 Å². The highest BCUT2D eigenvalue weighted by atomic mass is 32.1. The number of hydrogen-bond donors (Lipinski definition) is 0. The van der Waals surface area contributed by atoms with Gasteiger partial charge in [0.15, 0.2) is 0 Å². The fraction of sp³-hybridized carbons (Fsp3) is 0. The summed E-state index contributed by atoms with van der Waals surface area (Å²) in [7, 11) is 0. The van der Waals surface area contributed by atoms with Gasteiger partial charge in [0.05, 0.1) is 5.69 Å². The monoisotopic (exact) mass is 781 g/mol. The van der Waals surface area contributed by atoms with Gasteiger partial charge in [0, 0.05) is 31.5 Å². The molecule has 0 saturated carbocycles. The van der Waals surface area contributed by atoms with E-state index in [1.54, 1.807) is 0 Å². The van der Waals surface area contributed by atoms with Crippen molar-refractivity contribution in [1.82, 2.24) is 0 Å². The maximum Gasteiger partial charge on any atom is 0.0555 e. The van der Waals surface area contributed by atoms with Crippen molar-refractivity contribution in [1.29, 1.82) is 0 Å². The van der Waals surface area contributed by atoms with Gasteiger partial charge in [-0.15, -0.1) is 11.3 Å². The first-order valence-corrected chi connectivity index (χ1v) is 21.3. The van der Waals surface area contributed by atoms with Crippen LogP contribution in [0.2, 0.25) is 0 Å². The van der Waals surface area contributed by atoms with Crippen LogP contribution >= 0.6 is 11.3 Å². The number of nitrogens with zero attached hydrogens (tertiary/aromatic N) is 1. The first-order valence-electron chi connectivity index (χ1n) is 20.5. The normalized spacial score (nSPS) is 11.3. The SMILES string of the molecule is c1ccc(-c2ccccc2-c2ccccc2-c2ccc(N(c3ccc(-c4ccc5ccccc5c4)cc3)c3ccc(-c4ccccc4)c4sc5ccccc5c34)cc2)cc1. The molecule has 10 aromatic carbocycles. The summed E-state index contributed by atoms with van der Waals surface area (Å²) >= 11 is 1.88. The van der Waals surface area contributed by atoms with E-state index in [-0.39, 0.29) is 0 Å². The molecule has 0 atom stereocenters. The van der Waals surface area contributed by atoms with Gasteiger partial charge >= 0.3 is 0 Å². The number of benzene rings is 10. The van der Waals surface area contributed by atoms with Crippen LogP contribution in [-0.2, 0) is 0 Å². The zero-order chi connectivity index (χ0) is 39.8. The fourth-order valence-electron chi connectivity index (χ4n) is 8.79. The molecule has 0 amide bonds. The van der Waals surface area contributed by atoms with Gasteiger partial charge in [0.2, 0.25) is 0 Å². The molecule has 0 unspecified atom stereocenters. The highest BCUT2D eigenvalue weighted by molar-refractivity contribution is 7.26. The van der Waals surface area contributed by atoms with Crippen molar-refractivity contribution in [3.63, 3.8) is 0 Å². The van der Waals surface area contributed by atoms with E-state index in [0.717, 1.165) is 17.1 Å². The van der Waals surface area contributed by atoms with Crippen molar-refractivity contribution < 1.29 is 0 Å². The lowest BCUT2D eigenvalue weighted by Crippen LogP contribution is -2.10. The molecule has 0 bridgehead atoms. The number of hydrogen-bond acceptors (Lipinski definition) is 2. The van der Waals surface area contributed by atoms with E-state index in [1.165, 1.54) is 86.6 Å². The summed E-state index contributed by atoms with van der Waals surface area (Å²) in [5.74, 6) is 0. The molecule has 60 heavy (non-hydrogen) atoms. The van der Waals surface area contributed by atoms with Crippen LogP contribution in [0.1, 0.15) is 0 Å². The van der Waals surface area contributed by atoms with Gasteiger partial charge < -0.3 is 4.90 Å². The Bertz CT molecular complexity index is 3290. The van der Waals surface area contributed by atoms with Crippen molar-refractivity contribution in [3.8, 4) is 55.6 Å². The minimum Gasteiger partial charge on any atom is -0.310 e. The standard InChI is InChI=1S/C58H39NS/c1-3-16-42(17-4-1)49-21-9-11-23-52(49)53-24-12-10-22-50(53)44-31-35-48(36-32-44)59(47-33-29-41(30-34-47)46-28-27-40-15-7-8-20-45(40)39-46)55-38-37-51(43-18-5-2-6-19-43)58-57(55)54-25-13-14-26-56(54)60-58/h1-39H. The summed E-state index contributed by atoms with van der Waals surface area (Å²) in [6.07, 6.45) is 0. The quantitative estimate of drug-likeness (QED) is 0.148.